The molecule has 0 saturated heterocycles. The van der Waals surface area contributed by atoms with Crippen molar-refractivity contribution in [2.75, 3.05) is 7.05 Å². The van der Waals surface area contributed by atoms with E-state index in [0.717, 1.165) is 21.9 Å². The second-order valence-corrected chi connectivity index (χ2v) is 7.40. The molecule has 1 amide bonds. The Kier molecular flexibility index (Phi) is 6.01. The van der Waals surface area contributed by atoms with Crippen molar-refractivity contribution >= 4 is 29.3 Å². The minimum absolute atomic E-state index is 0.0400. The van der Waals surface area contributed by atoms with Crippen molar-refractivity contribution < 1.29 is 9.32 Å². The lowest BCUT2D eigenvalue weighted by Crippen LogP contribution is -2.26. The van der Waals surface area contributed by atoms with Crippen molar-refractivity contribution in [1.82, 2.24) is 10.1 Å². The fraction of sp³-hybridized carbons (Fsp3) is 0.200. The van der Waals surface area contributed by atoms with E-state index >= 15 is 0 Å². The number of benzene rings is 2. The Bertz CT molecular complexity index is 910. The molecule has 0 saturated carbocycles. The molecule has 4 nitrogen and oxygen atoms in total. The predicted molar refractivity (Wildman–Crippen MR) is 104 cm³/mol. The fourth-order valence-electron chi connectivity index (χ4n) is 2.56. The van der Waals surface area contributed by atoms with Crippen molar-refractivity contribution in [2.24, 2.45) is 0 Å². The highest BCUT2D eigenvalue weighted by Crippen LogP contribution is 2.28. The Morgan fingerprint density at radius 2 is 1.92 bits per heavy atom. The summed E-state index contributed by atoms with van der Waals surface area (Å²) in [5, 5.41) is 4.56. The predicted octanol–water partition coefficient (Wildman–Crippen LogP) is 5.20. The van der Waals surface area contributed by atoms with Gasteiger partial charge in [0.2, 0.25) is 0 Å². The summed E-state index contributed by atoms with van der Waals surface area (Å²) in [6.45, 7) is 2.34. The zero-order chi connectivity index (χ0) is 18.5. The Morgan fingerprint density at radius 3 is 2.65 bits per heavy atom. The molecule has 6 heteroatoms. The van der Waals surface area contributed by atoms with Crippen LogP contribution in [-0.4, -0.2) is 23.0 Å². The summed E-state index contributed by atoms with van der Waals surface area (Å²) in [5.74, 6) is 1.38. The number of carbonyl (C=O) groups is 1. The molecule has 2 aromatic carbocycles. The van der Waals surface area contributed by atoms with Crippen molar-refractivity contribution in [3.63, 3.8) is 0 Å². The molecule has 1 heterocycles. The first-order chi connectivity index (χ1) is 12.5. The number of nitrogens with zero attached hydrogens (tertiary/aromatic N) is 2. The van der Waals surface area contributed by atoms with Crippen LogP contribution in [0.3, 0.4) is 0 Å². The molecule has 134 valence electrons. The average Bonchev–Trinajstić information content (AvgIpc) is 3.07. The lowest BCUT2D eigenvalue weighted by Gasteiger charge is -2.19. The molecule has 0 radical (unpaired) electrons. The van der Waals surface area contributed by atoms with Gasteiger partial charge in [-0.05, 0) is 30.7 Å². The highest BCUT2D eigenvalue weighted by molar-refractivity contribution is 7.98. The Labute approximate surface area is 162 Å². The minimum Gasteiger partial charge on any atom is -0.360 e. The molecule has 26 heavy (non-hydrogen) atoms. The van der Waals surface area contributed by atoms with Gasteiger partial charge in [0, 0.05) is 29.6 Å². The second-order valence-electron chi connectivity index (χ2n) is 5.97. The van der Waals surface area contributed by atoms with Crippen LogP contribution in [0.5, 0.6) is 0 Å². The smallest absolute Gasteiger partial charge is 0.255 e. The normalized spacial score (nSPS) is 10.7. The molecule has 3 rings (SSSR count). The molecular weight excluding hydrogens is 368 g/mol. The topological polar surface area (TPSA) is 46.3 Å². The van der Waals surface area contributed by atoms with Crippen molar-refractivity contribution in [2.45, 2.75) is 24.1 Å². The maximum atomic E-state index is 12.9. The van der Waals surface area contributed by atoms with E-state index in [0.29, 0.717) is 22.9 Å². The van der Waals surface area contributed by atoms with Crippen LogP contribution in [0.15, 0.2) is 64.0 Å². The fourth-order valence-corrected chi connectivity index (χ4v) is 3.68. The maximum Gasteiger partial charge on any atom is 0.255 e. The highest BCUT2D eigenvalue weighted by atomic mass is 35.5. The van der Waals surface area contributed by atoms with E-state index in [1.165, 1.54) is 0 Å². The summed E-state index contributed by atoms with van der Waals surface area (Å²) in [6.07, 6.45) is 0. The molecule has 0 aliphatic rings. The van der Waals surface area contributed by atoms with Gasteiger partial charge < -0.3 is 9.42 Å². The maximum absolute atomic E-state index is 12.9. The summed E-state index contributed by atoms with van der Waals surface area (Å²) in [5.41, 5.74) is 2.44. The number of amides is 1. The number of halogens is 1. The van der Waals surface area contributed by atoms with Gasteiger partial charge in [-0.1, -0.05) is 47.1 Å². The molecule has 0 spiro atoms. The molecule has 0 atom stereocenters. The van der Waals surface area contributed by atoms with E-state index in [9.17, 15) is 4.79 Å². The molecule has 0 fully saturated rings. The van der Waals surface area contributed by atoms with Gasteiger partial charge in [0.15, 0.2) is 0 Å². The van der Waals surface area contributed by atoms with Gasteiger partial charge in [-0.25, -0.2) is 0 Å². The lowest BCUT2D eigenvalue weighted by atomic mass is 10.1. The number of aryl methyl sites for hydroxylation is 1. The minimum atomic E-state index is -0.0400. The van der Waals surface area contributed by atoms with Crippen molar-refractivity contribution in [3.8, 4) is 0 Å². The molecule has 0 aliphatic carbocycles. The Hall–Kier alpha value is -2.24. The SMILES string of the molecule is Cc1cc(CSc2ccccc2C(=O)N(C)Cc2ccccc2Cl)on1. The summed E-state index contributed by atoms with van der Waals surface area (Å²) in [6, 6.07) is 17.1. The Balaban J connectivity index is 1.73. The number of carbonyl (C=O) groups excluding carboxylic acids is 1. The van der Waals surface area contributed by atoms with Crippen LogP contribution in [0.4, 0.5) is 0 Å². The monoisotopic (exact) mass is 386 g/mol. The average molecular weight is 387 g/mol. The quantitative estimate of drug-likeness (QED) is 0.546. The zero-order valence-electron chi connectivity index (χ0n) is 14.6. The third-order valence-electron chi connectivity index (χ3n) is 3.88. The van der Waals surface area contributed by atoms with Crippen molar-refractivity contribution in [1.29, 1.82) is 0 Å². The zero-order valence-corrected chi connectivity index (χ0v) is 16.2. The van der Waals surface area contributed by atoms with Crippen LogP contribution >= 0.6 is 23.4 Å². The van der Waals surface area contributed by atoms with Crippen molar-refractivity contribution in [3.05, 3.63) is 82.2 Å². The molecule has 0 bridgehead atoms. The first kappa shape index (κ1) is 18.5. The summed E-state index contributed by atoms with van der Waals surface area (Å²) < 4.78 is 5.25. The van der Waals surface area contributed by atoms with Gasteiger partial charge >= 0.3 is 0 Å². The van der Waals surface area contributed by atoms with Crippen LogP contribution in [-0.2, 0) is 12.3 Å². The van der Waals surface area contributed by atoms with Gasteiger partial charge in [-0.15, -0.1) is 11.8 Å². The number of hydrogen-bond acceptors (Lipinski definition) is 4. The van der Waals surface area contributed by atoms with Crippen LogP contribution in [0.1, 0.15) is 27.4 Å². The third kappa shape index (κ3) is 4.48. The number of thioether (sulfide) groups is 1. The van der Waals surface area contributed by atoms with Gasteiger partial charge in [-0.2, -0.15) is 0 Å². The highest BCUT2D eigenvalue weighted by Gasteiger charge is 2.17. The van der Waals surface area contributed by atoms with Gasteiger partial charge in [0.05, 0.1) is 17.0 Å². The van der Waals surface area contributed by atoms with Crippen LogP contribution < -0.4 is 0 Å². The van der Waals surface area contributed by atoms with Crippen LogP contribution in [0.2, 0.25) is 5.02 Å². The number of rotatable bonds is 6. The van der Waals surface area contributed by atoms with E-state index in [1.807, 2.05) is 61.5 Å². The van der Waals surface area contributed by atoms with Gasteiger partial charge in [0.1, 0.15) is 5.76 Å². The lowest BCUT2D eigenvalue weighted by molar-refractivity contribution is 0.0781. The standard InChI is InChI=1S/C20H19ClN2O2S/c1-14-11-16(25-22-14)13-26-19-10-6-4-8-17(19)20(24)23(2)12-15-7-3-5-9-18(15)21/h3-11H,12-13H2,1-2H3. The van der Waals surface area contributed by atoms with E-state index < -0.39 is 0 Å². The molecule has 0 aliphatic heterocycles. The first-order valence-electron chi connectivity index (χ1n) is 8.17. The third-order valence-corrected chi connectivity index (χ3v) is 5.34. The van der Waals surface area contributed by atoms with Crippen LogP contribution in [0, 0.1) is 6.92 Å². The molecule has 0 unspecified atom stereocenters. The second kappa shape index (κ2) is 8.43. The van der Waals surface area contributed by atoms with Crippen LogP contribution in [0.25, 0.3) is 0 Å². The van der Waals surface area contributed by atoms with Gasteiger partial charge in [-0.3, -0.25) is 4.79 Å². The number of aromatic nitrogens is 1. The largest absolute Gasteiger partial charge is 0.360 e. The number of hydrogen-bond donors (Lipinski definition) is 0. The van der Waals surface area contributed by atoms with E-state index in [1.54, 1.807) is 23.7 Å². The van der Waals surface area contributed by atoms with E-state index in [2.05, 4.69) is 5.16 Å². The molecular formula is C20H19ClN2O2S. The first-order valence-corrected chi connectivity index (χ1v) is 9.54. The summed E-state index contributed by atoms with van der Waals surface area (Å²) in [4.78, 5) is 15.5. The molecule has 0 N–H and O–H groups in total. The molecule has 3 aromatic rings. The van der Waals surface area contributed by atoms with Gasteiger partial charge in [0.25, 0.3) is 5.91 Å². The summed E-state index contributed by atoms with van der Waals surface area (Å²) >= 11 is 7.77. The summed E-state index contributed by atoms with van der Waals surface area (Å²) in [7, 11) is 1.78. The van der Waals surface area contributed by atoms with E-state index in [4.69, 9.17) is 16.1 Å². The van der Waals surface area contributed by atoms with E-state index in [-0.39, 0.29) is 5.91 Å². The molecule has 1 aromatic heterocycles. The Morgan fingerprint density at radius 1 is 1.19 bits per heavy atom.